The Bertz CT molecular complexity index is 280. The summed E-state index contributed by atoms with van der Waals surface area (Å²) in [4.78, 5) is 2.28. The first kappa shape index (κ1) is 16.3. The third kappa shape index (κ3) is 4.22. The van der Waals surface area contributed by atoms with Crippen molar-refractivity contribution >= 4 is 0 Å². The van der Waals surface area contributed by atoms with Crippen LogP contribution < -0.4 is 0 Å². The largest absolute Gasteiger partial charge is 0.372 e. The van der Waals surface area contributed by atoms with E-state index in [1.54, 1.807) is 0 Å². The summed E-state index contributed by atoms with van der Waals surface area (Å²) >= 11 is 0. The van der Waals surface area contributed by atoms with Crippen LogP contribution in [0.3, 0.4) is 0 Å². The van der Waals surface area contributed by atoms with Crippen molar-refractivity contribution in [2.45, 2.75) is 54.5 Å². The van der Waals surface area contributed by atoms with Gasteiger partial charge in [-0.25, -0.2) is 0 Å². The maximum Gasteiger partial charge on any atom is 0.0470 e. The Morgan fingerprint density at radius 2 is 1.41 bits per heavy atom. The maximum absolute atomic E-state index is 4.25. The fourth-order valence-electron chi connectivity index (χ4n) is 1.82. The number of nitrogens with zero attached hydrogens (tertiary/aromatic N) is 1. The van der Waals surface area contributed by atoms with E-state index in [1.807, 2.05) is 0 Å². The van der Waals surface area contributed by atoms with Gasteiger partial charge in [0.25, 0.3) is 0 Å². The van der Waals surface area contributed by atoms with E-state index in [0.29, 0.717) is 17.9 Å². The highest BCUT2D eigenvalue weighted by Gasteiger charge is 2.25. The first-order valence-electron chi connectivity index (χ1n) is 6.61. The molecule has 0 heterocycles. The van der Waals surface area contributed by atoms with Gasteiger partial charge in [0.1, 0.15) is 0 Å². The summed E-state index contributed by atoms with van der Waals surface area (Å²) in [6, 6.07) is 0.337. The zero-order valence-corrected chi connectivity index (χ0v) is 13.1. The highest BCUT2D eigenvalue weighted by molar-refractivity contribution is 5.16. The van der Waals surface area contributed by atoms with Crippen molar-refractivity contribution in [2.24, 2.45) is 17.3 Å². The van der Waals surface area contributed by atoms with Crippen molar-refractivity contribution in [1.82, 2.24) is 4.90 Å². The van der Waals surface area contributed by atoms with Crippen molar-refractivity contribution in [2.75, 3.05) is 7.05 Å². The van der Waals surface area contributed by atoms with Crippen LogP contribution in [0.1, 0.15) is 48.5 Å². The van der Waals surface area contributed by atoms with E-state index in [0.717, 1.165) is 0 Å². The van der Waals surface area contributed by atoms with Crippen molar-refractivity contribution in [1.29, 1.82) is 0 Å². The molecule has 0 aromatic carbocycles. The van der Waals surface area contributed by atoms with Gasteiger partial charge in [-0.15, -0.1) is 0 Å². The molecule has 0 saturated heterocycles. The molecule has 0 radical (unpaired) electrons. The van der Waals surface area contributed by atoms with E-state index in [4.69, 9.17) is 0 Å². The summed E-state index contributed by atoms with van der Waals surface area (Å²) in [7, 11) is 2.13. The Hall–Kier alpha value is -0.720. The number of rotatable bonds is 5. The fraction of sp³-hybridized carbons (Fsp3) is 0.750. The van der Waals surface area contributed by atoms with Crippen LogP contribution in [0, 0.1) is 17.3 Å². The third-order valence-electron chi connectivity index (χ3n) is 4.03. The maximum atomic E-state index is 4.25. The monoisotopic (exact) mass is 237 g/mol. The molecule has 0 rings (SSSR count). The summed E-state index contributed by atoms with van der Waals surface area (Å²) in [6.07, 6.45) is 0. The van der Waals surface area contributed by atoms with Crippen LogP contribution in [-0.2, 0) is 0 Å². The predicted octanol–water partition coefficient (Wildman–Crippen LogP) is 4.71. The molecule has 100 valence electrons. The molecule has 0 aliphatic rings. The summed E-state index contributed by atoms with van der Waals surface area (Å²) in [5, 5.41) is 0. The van der Waals surface area contributed by atoms with Gasteiger partial charge >= 0.3 is 0 Å². The Labute approximate surface area is 109 Å². The minimum absolute atomic E-state index is 0.148. The van der Waals surface area contributed by atoms with Crippen LogP contribution in [0.25, 0.3) is 0 Å². The molecule has 0 aromatic heterocycles. The number of likely N-dealkylation sites (N-methyl/N-ethyl adjacent to an activating group) is 1. The highest BCUT2D eigenvalue weighted by atomic mass is 15.1. The fourth-order valence-corrected chi connectivity index (χ4v) is 1.82. The van der Waals surface area contributed by atoms with Gasteiger partial charge in [-0.1, -0.05) is 54.7 Å². The van der Waals surface area contributed by atoms with E-state index >= 15 is 0 Å². The molecule has 0 N–H and O–H groups in total. The second-order valence-electron chi connectivity index (χ2n) is 6.59. The molecule has 0 spiro atoms. The lowest BCUT2D eigenvalue weighted by atomic mass is 9.82. The van der Waals surface area contributed by atoms with Gasteiger partial charge in [-0.05, 0) is 29.7 Å². The van der Waals surface area contributed by atoms with Gasteiger partial charge in [0.05, 0.1) is 0 Å². The van der Waals surface area contributed by atoms with Gasteiger partial charge in [-0.3, -0.25) is 0 Å². The molecule has 1 heteroatoms. The average Bonchev–Trinajstić information content (AvgIpc) is 2.22. The Balaban J connectivity index is 4.78. The van der Waals surface area contributed by atoms with E-state index in [2.05, 4.69) is 73.6 Å². The van der Waals surface area contributed by atoms with E-state index < -0.39 is 0 Å². The van der Waals surface area contributed by atoms with Crippen LogP contribution in [0.5, 0.6) is 0 Å². The minimum atomic E-state index is 0.148. The summed E-state index contributed by atoms with van der Waals surface area (Å²) in [5.41, 5.74) is 2.62. The number of hydrogen-bond donors (Lipinski definition) is 0. The summed E-state index contributed by atoms with van der Waals surface area (Å²) in [6.45, 7) is 24.1. The van der Waals surface area contributed by atoms with Crippen LogP contribution in [0.2, 0.25) is 0 Å². The minimum Gasteiger partial charge on any atom is -0.372 e. The first-order valence-corrected chi connectivity index (χ1v) is 6.61. The Morgan fingerprint density at radius 3 is 1.71 bits per heavy atom. The van der Waals surface area contributed by atoms with Crippen LogP contribution in [0.4, 0.5) is 0 Å². The topological polar surface area (TPSA) is 3.24 Å². The molecule has 0 aromatic rings. The first-order chi connectivity index (χ1) is 7.50. The molecule has 0 aliphatic carbocycles. The zero-order valence-electron chi connectivity index (χ0n) is 13.1. The van der Waals surface area contributed by atoms with Gasteiger partial charge < -0.3 is 4.90 Å². The van der Waals surface area contributed by atoms with Gasteiger partial charge in [0, 0.05) is 18.8 Å². The standard InChI is InChI=1S/C16H31N/c1-11(2)12(3)14(5)17(10)15(6)13(4)16(7,8)9/h11-12,15H,4-5H2,1-3,6-10H3. The third-order valence-corrected chi connectivity index (χ3v) is 4.03. The Kier molecular flexibility index (Phi) is 5.51. The van der Waals surface area contributed by atoms with Crippen LogP contribution in [0.15, 0.2) is 24.4 Å². The zero-order chi connectivity index (χ0) is 14.0. The smallest absolute Gasteiger partial charge is 0.0470 e. The van der Waals surface area contributed by atoms with Crippen LogP contribution >= 0.6 is 0 Å². The molecule has 1 nitrogen and oxygen atoms in total. The van der Waals surface area contributed by atoms with Crippen molar-refractivity contribution < 1.29 is 0 Å². The van der Waals surface area contributed by atoms with E-state index in [1.165, 1.54) is 11.3 Å². The lowest BCUT2D eigenvalue weighted by Crippen LogP contribution is -2.36. The molecule has 2 atom stereocenters. The average molecular weight is 237 g/mol. The molecular weight excluding hydrogens is 206 g/mol. The molecule has 0 aliphatic heterocycles. The van der Waals surface area contributed by atoms with Gasteiger partial charge in [0.2, 0.25) is 0 Å². The molecule has 2 unspecified atom stereocenters. The molecular formula is C16H31N. The van der Waals surface area contributed by atoms with E-state index in [9.17, 15) is 0 Å². The Morgan fingerprint density at radius 1 is 1.00 bits per heavy atom. The number of allylic oxidation sites excluding steroid dienone is 1. The molecule has 0 amide bonds. The van der Waals surface area contributed by atoms with Gasteiger partial charge in [0.15, 0.2) is 0 Å². The van der Waals surface area contributed by atoms with Crippen molar-refractivity contribution in [3.05, 3.63) is 24.4 Å². The highest BCUT2D eigenvalue weighted by Crippen LogP contribution is 2.31. The molecule has 0 fully saturated rings. The second kappa shape index (κ2) is 5.75. The predicted molar refractivity (Wildman–Crippen MR) is 79.0 cm³/mol. The quantitative estimate of drug-likeness (QED) is 0.626. The second-order valence-corrected chi connectivity index (χ2v) is 6.59. The van der Waals surface area contributed by atoms with Crippen molar-refractivity contribution in [3.8, 4) is 0 Å². The SMILES string of the molecule is C=C(C(C)C(C)C)N(C)C(C)C(=C)C(C)(C)C. The normalized spacial score (nSPS) is 15.6. The van der Waals surface area contributed by atoms with Crippen molar-refractivity contribution in [3.63, 3.8) is 0 Å². The lowest BCUT2D eigenvalue weighted by Gasteiger charge is -2.38. The molecule has 17 heavy (non-hydrogen) atoms. The molecule has 0 bridgehead atoms. The van der Waals surface area contributed by atoms with Gasteiger partial charge in [-0.2, -0.15) is 0 Å². The number of hydrogen-bond acceptors (Lipinski definition) is 1. The molecule has 0 saturated carbocycles. The summed E-state index contributed by atoms with van der Waals surface area (Å²) in [5.74, 6) is 1.13. The summed E-state index contributed by atoms with van der Waals surface area (Å²) < 4.78 is 0. The lowest BCUT2D eigenvalue weighted by molar-refractivity contribution is 0.269. The van der Waals surface area contributed by atoms with E-state index in [-0.39, 0.29) is 5.41 Å². The van der Waals surface area contributed by atoms with Crippen LogP contribution in [-0.4, -0.2) is 18.0 Å².